The monoisotopic (exact) mass is 498 g/mol. The van der Waals surface area contributed by atoms with E-state index < -0.39 is 17.9 Å². The molecule has 0 unspecified atom stereocenters. The van der Waals surface area contributed by atoms with E-state index in [0.717, 1.165) is 5.56 Å². The molecule has 5 N–H and O–H groups in total. The van der Waals surface area contributed by atoms with Gasteiger partial charge >= 0.3 is 0 Å². The molecule has 0 aliphatic rings. The number of hydrogen-bond acceptors (Lipinski definition) is 7. The fourth-order valence-electron chi connectivity index (χ4n) is 3.59. The maximum Gasteiger partial charge on any atom is 0.255 e. The van der Waals surface area contributed by atoms with Gasteiger partial charge in [0.1, 0.15) is 0 Å². The summed E-state index contributed by atoms with van der Waals surface area (Å²) in [7, 11) is 4.44. The van der Waals surface area contributed by atoms with Crippen molar-refractivity contribution in [3.05, 3.63) is 82.4 Å². The molecule has 0 aliphatic carbocycles. The van der Waals surface area contributed by atoms with Crippen LogP contribution in [0.4, 0.5) is 5.69 Å². The van der Waals surface area contributed by atoms with Crippen molar-refractivity contribution >= 4 is 29.1 Å². The zero-order valence-electron chi connectivity index (χ0n) is 19.6. The Labute approximate surface area is 208 Å². The summed E-state index contributed by atoms with van der Waals surface area (Å²) in [5.74, 6) is 5.53. The van der Waals surface area contributed by atoms with Crippen LogP contribution in [-0.2, 0) is 4.79 Å². The summed E-state index contributed by atoms with van der Waals surface area (Å²) in [4.78, 5) is 25.1. The first-order chi connectivity index (χ1) is 16.9. The fraction of sp³-hybridized carbons (Fsp3) is 0.200. The number of carbonyl (C=O) groups is 2. The van der Waals surface area contributed by atoms with E-state index in [1.165, 1.54) is 21.3 Å². The lowest BCUT2D eigenvalue weighted by Crippen LogP contribution is -2.39. The molecule has 0 fully saturated rings. The SMILES string of the molecule is COc1cc(C(=O)Nc2ccc(Cl)cc2[C@H](NCC(=O)NN)c2ccccc2)cc(OC)c1OC. The van der Waals surface area contributed by atoms with E-state index in [2.05, 4.69) is 16.1 Å². The highest BCUT2D eigenvalue weighted by molar-refractivity contribution is 6.30. The molecule has 0 radical (unpaired) electrons. The van der Waals surface area contributed by atoms with E-state index in [1.807, 2.05) is 30.3 Å². The van der Waals surface area contributed by atoms with Gasteiger partial charge in [0.2, 0.25) is 11.7 Å². The van der Waals surface area contributed by atoms with Gasteiger partial charge in [-0.3, -0.25) is 20.3 Å². The molecular formula is C25H27ClN4O5. The van der Waals surface area contributed by atoms with Crippen LogP contribution in [0.3, 0.4) is 0 Å². The van der Waals surface area contributed by atoms with Crippen LogP contribution in [-0.4, -0.2) is 39.7 Å². The minimum absolute atomic E-state index is 0.0527. The standard InChI is InChI=1S/C25H27ClN4O5/c1-33-20-11-16(12-21(34-2)24(20)35-3)25(32)29-19-10-9-17(26)13-18(19)23(28-14-22(31)30-27)15-7-5-4-6-8-15/h4-13,23,28H,14,27H2,1-3H3,(H,29,32)(H,30,31)/t23-/m1/s1. The van der Waals surface area contributed by atoms with Crippen molar-refractivity contribution in [2.24, 2.45) is 5.84 Å². The largest absolute Gasteiger partial charge is 0.493 e. The van der Waals surface area contributed by atoms with Crippen LogP contribution in [0, 0.1) is 0 Å². The number of amides is 2. The molecule has 184 valence electrons. The molecule has 0 bridgehead atoms. The zero-order valence-corrected chi connectivity index (χ0v) is 20.3. The van der Waals surface area contributed by atoms with Gasteiger partial charge in [0.15, 0.2) is 11.5 Å². The molecule has 0 aliphatic heterocycles. The van der Waals surface area contributed by atoms with Gasteiger partial charge in [0.25, 0.3) is 5.91 Å². The van der Waals surface area contributed by atoms with E-state index in [9.17, 15) is 9.59 Å². The lowest BCUT2D eigenvalue weighted by Gasteiger charge is -2.23. The Morgan fingerprint density at radius 3 is 2.17 bits per heavy atom. The van der Waals surface area contributed by atoms with Crippen LogP contribution in [0.2, 0.25) is 5.02 Å². The Hall–Kier alpha value is -3.79. The van der Waals surface area contributed by atoms with Crippen LogP contribution in [0.5, 0.6) is 17.2 Å². The number of rotatable bonds is 10. The second-order valence-corrected chi connectivity index (χ2v) is 7.83. The van der Waals surface area contributed by atoms with Gasteiger partial charge in [0, 0.05) is 16.3 Å². The van der Waals surface area contributed by atoms with Gasteiger partial charge in [-0.05, 0) is 41.5 Å². The van der Waals surface area contributed by atoms with Gasteiger partial charge in [-0.15, -0.1) is 0 Å². The zero-order chi connectivity index (χ0) is 25.4. The topological polar surface area (TPSA) is 124 Å². The molecule has 10 heteroatoms. The van der Waals surface area contributed by atoms with Crippen LogP contribution >= 0.6 is 11.6 Å². The summed E-state index contributed by atoms with van der Waals surface area (Å²) < 4.78 is 16.1. The molecule has 3 aromatic carbocycles. The predicted molar refractivity (Wildman–Crippen MR) is 134 cm³/mol. The van der Waals surface area contributed by atoms with Crippen molar-refractivity contribution in [1.82, 2.24) is 10.7 Å². The fourth-order valence-corrected chi connectivity index (χ4v) is 3.77. The van der Waals surface area contributed by atoms with Crippen molar-refractivity contribution in [2.75, 3.05) is 33.2 Å². The Balaban J connectivity index is 2.01. The maximum absolute atomic E-state index is 13.3. The molecule has 2 amide bonds. The van der Waals surface area contributed by atoms with Gasteiger partial charge in [-0.2, -0.15) is 0 Å². The number of nitrogens with two attached hydrogens (primary N) is 1. The lowest BCUT2D eigenvalue weighted by atomic mass is 9.96. The van der Waals surface area contributed by atoms with Crippen molar-refractivity contribution in [2.45, 2.75) is 6.04 Å². The Morgan fingerprint density at radius 1 is 0.943 bits per heavy atom. The number of hydrogen-bond donors (Lipinski definition) is 4. The first-order valence-electron chi connectivity index (χ1n) is 10.6. The number of methoxy groups -OCH3 is 3. The van der Waals surface area contributed by atoms with E-state index in [0.29, 0.717) is 39.1 Å². The van der Waals surface area contributed by atoms with Gasteiger partial charge < -0.3 is 19.5 Å². The van der Waals surface area contributed by atoms with Crippen molar-refractivity contribution < 1.29 is 23.8 Å². The summed E-state index contributed by atoms with van der Waals surface area (Å²) >= 11 is 6.32. The molecule has 0 aromatic heterocycles. The third-order valence-electron chi connectivity index (χ3n) is 5.26. The minimum Gasteiger partial charge on any atom is -0.493 e. The minimum atomic E-state index is -0.470. The van der Waals surface area contributed by atoms with Gasteiger partial charge in [0.05, 0.1) is 33.9 Å². The second-order valence-electron chi connectivity index (χ2n) is 7.39. The van der Waals surface area contributed by atoms with E-state index in [1.54, 1.807) is 30.3 Å². The summed E-state index contributed by atoms with van der Waals surface area (Å²) in [5, 5.41) is 6.58. The van der Waals surface area contributed by atoms with Crippen LogP contribution < -0.4 is 36.1 Å². The summed E-state index contributed by atoms with van der Waals surface area (Å²) in [6, 6.07) is 17.2. The number of ether oxygens (including phenoxy) is 3. The Kier molecular flexibility index (Phi) is 8.91. The molecule has 1 atom stereocenters. The maximum atomic E-state index is 13.3. The highest BCUT2D eigenvalue weighted by atomic mass is 35.5. The summed E-state index contributed by atoms with van der Waals surface area (Å²) in [6.07, 6.45) is 0. The number of halogens is 1. The Morgan fingerprint density at radius 2 is 1.60 bits per heavy atom. The van der Waals surface area contributed by atoms with Gasteiger partial charge in [-0.1, -0.05) is 41.9 Å². The van der Waals surface area contributed by atoms with Crippen LogP contribution in [0.15, 0.2) is 60.7 Å². The third-order valence-corrected chi connectivity index (χ3v) is 5.50. The molecule has 0 heterocycles. The molecular weight excluding hydrogens is 472 g/mol. The van der Waals surface area contributed by atoms with E-state index in [-0.39, 0.29) is 6.54 Å². The van der Waals surface area contributed by atoms with E-state index >= 15 is 0 Å². The first kappa shape index (κ1) is 25.8. The molecule has 35 heavy (non-hydrogen) atoms. The van der Waals surface area contributed by atoms with Crippen LogP contribution in [0.1, 0.15) is 27.5 Å². The number of anilines is 1. The highest BCUT2D eigenvalue weighted by Crippen LogP contribution is 2.38. The van der Waals surface area contributed by atoms with Crippen LogP contribution in [0.25, 0.3) is 0 Å². The summed E-state index contributed by atoms with van der Waals surface area (Å²) in [5.41, 5.74) is 4.43. The van der Waals surface area contributed by atoms with Crippen molar-refractivity contribution in [3.63, 3.8) is 0 Å². The molecule has 0 saturated carbocycles. The number of nitrogens with one attached hydrogen (secondary N) is 3. The second kappa shape index (κ2) is 12.1. The average Bonchev–Trinajstić information content (AvgIpc) is 2.89. The molecule has 0 spiro atoms. The number of hydrazine groups is 1. The summed E-state index contributed by atoms with van der Waals surface area (Å²) in [6.45, 7) is -0.0527. The molecule has 3 rings (SSSR count). The molecule has 3 aromatic rings. The number of benzene rings is 3. The quantitative estimate of drug-likeness (QED) is 0.192. The highest BCUT2D eigenvalue weighted by Gasteiger charge is 2.22. The molecule has 0 saturated heterocycles. The number of carbonyl (C=O) groups excluding carboxylic acids is 2. The van der Waals surface area contributed by atoms with Gasteiger partial charge in [-0.25, -0.2) is 5.84 Å². The molecule has 9 nitrogen and oxygen atoms in total. The smallest absolute Gasteiger partial charge is 0.255 e. The van der Waals surface area contributed by atoms with Crippen molar-refractivity contribution in [1.29, 1.82) is 0 Å². The lowest BCUT2D eigenvalue weighted by molar-refractivity contribution is -0.120. The average molecular weight is 499 g/mol. The normalized spacial score (nSPS) is 11.3. The Bertz CT molecular complexity index is 1160. The van der Waals surface area contributed by atoms with E-state index in [4.69, 9.17) is 31.7 Å². The van der Waals surface area contributed by atoms with Crippen molar-refractivity contribution in [3.8, 4) is 17.2 Å². The predicted octanol–water partition coefficient (Wildman–Crippen LogP) is 3.29. The third kappa shape index (κ3) is 6.21. The first-order valence-corrected chi connectivity index (χ1v) is 11.0.